The summed E-state index contributed by atoms with van der Waals surface area (Å²) in [7, 11) is -3.84. The lowest BCUT2D eigenvalue weighted by atomic mass is 9.80. The summed E-state index contributed by atoms with van der Waals surface area (Å²) in [5.74, 6) is -1.65. The van der Waals surface area contributed by atoms with E-state index >= 15 is 0 Å². The zero-order chi connectivity index (χ0) is 15.6. The highest BCUT2D eigenvalue weighted by molar-refractivity contribution is 7.92. The molecular weight excluding hydrogens is 296 g/mol. The van der Waals surface area contributed by atoms with Crippen molar-refractivity contribution in [2.45, 2.75) is 42.8 Å². The van der Waals surface area contributed by atoms with Crippen molar-refractivity contribution in [1.82, 2.24) is 0 Å². The minimum atomic E-state index is -3.84. The zero-order valence-electron chi connectivity index (χ0n) is 12.1. The Morgan fingerprint density at radius 2 is 2.00 bits per heavy atom. The van der Waals surface area contributed by atoms with Crippen LogP contribution in [0.3, 0.4) is 0 Å². The molecule has 0 spiro atoms. The van der Waals surface area contributed by atoms with Crippen LogP contribution >= 0.6 is 0 Å². The topological polar surface area (TPSA) is 60.2 Å². The quantitative estimate of drug-likeness (QED) is 0.869. The lowest BCUT2D eigenvalue weighted by Gasteiger charge is -2.34. The van der Waals surface area contributed by atoms with E-state index in [1.807, 2.05) is 6.92 Å². The molecule has 1 aliphatic carbocycles. The van der Waals surface area contributed by atoms with Gasteiger partial charge in [-0.2, -0.15) is 0 Å². The van der Waals surface area contributed by atoms with E-state index in [-0.39, 0.29) is 12.5 Å². The first-order valence-electron chi connectivity index (χ1n) is 7.29. The number of nitrogens with two attached hydrogens (primary N) is 1. The molecule has 1 aromatic rings. The molecule has 0 aliphatic heterocycles. The SMILES string of the molecule is CCC1CCC(CN)C(S(=O)(=O)c2ccc(F)cc2F)C1. The first-order valence-corrected chi connectivity index (χ1v) is 8.83. The van der Waals surface area contributed by atoms with Crippen molar-refractivity contribution in [2.24, 2.45) is 17.6 Å². The van der Waals surface area contributed by atoms with Crippen LogP contribution in [-0.2, 0) is 9.84 Å². The van der Waals surface area contributed by atoms with E-state index in [1.54, 1.807) is 0 Å². The monoisotopic (exact) mass is 317 g/mol. The standard InChI is InChI=1S/C15H21F2NO2S/c1-2-10-3-4-11(9-18)15(7-10)21(19,20)14-6-5-12(16)8-13(14)17/h5-6,8,10-11,15H,2-4,7,9,18H2,1H3. The molecule has 2 rings (SSSR count). The average molecular weight is 317 g/mol. The molecular formula is C15H21F2NO2S. The van der Waals surface area contributed by atoms with Gasteiger partial charge in [0.05, 0.1) is 5.25 Å². The van der Waals surface area contributed by atoms with Crippen molar-refractivity contribution in [1.29, 1.82) is 0 Å². The summed E-state index contributed by atoms with van der Waals surface area (Å²) in [6, 6.07) is 2.61. The van der Waals surface area contributed by atoms with Gasteiger partial charge in [-0.05, 0) is 43.4 Å². The van der Waals surface area contributed by atoms with Crippen molar-refractivity contribution in [2.75, 3.05) is 6.54 Å². The largest absolute Gasteiger partial charge is 0.330 e. The number of halogens is 2. The fraction of sp³-hybridized carbons (Fsp3) is 0.600. The molecule has 0 saturated heterocycles. The molecule has 0 aromatic heterocycles. The molecule has 1 fully saturated rings. The van der Waals surface area contributed by atoms with Gasteiger partial charge in [0, 0.05) is 6.07 Å². The summed E-state index contributed by atoms with van der Waals surface area (Å²) in [5, 5.41) is -0.679. The maximum Gasteiger partial charge on any atom is 0.184 e. The van der Waals surface area contributed by atoms with Gasteiger partial charge in [-0.1, -0.05) is 19.8 Å². The number of sulfone groups is 1. The molecule has 3 atom stereocenters. The van der Waals surface area contributed by atoms with Gasteiger partial charge in [-0.15, -0.1) is 0 Å². The molecule has 0 bridgehead atoms. The number of rotatable bonds is 4. The maximum atomic E-state index is 13.9. The molecule has 118 valence electrons. The van der Waals surface area contributed by atoms with Gasteiger partial charge in [0.15, 0.2) is 9.84 Å². The molecule has 21 heavy (non-hydrogen) atoms. The molecule has 3 nitrogen and oxygen atoms in total. The van der Waals surface area contributed by atoms with Crippen LogP contribution in [0.15, 0.2) is 23.1 Å². The van der Waals surface area contributed by atoms with Crippen molar-refractivity contribution >= 4 is 9.84 Å². The predicted octanol–water partition coefficient (Wildman–Crippen LogP) is 2.89. The van der Waals surface area contributed by atoms with E-state index < -0.39 is 31.6 Å². The lowest BCUT2D eigenvalue weighted by molar-refractivity contribution is 0.275. The Morgan fingerprint density at radius 1 is 1.29 bits per heavy atom. The third kappa shape index (κ3) is 3.26. The molecule has 2 N–H and O–H groups in total. The lowest BCUT2D eigenvalue weighted by Crippen LogP contribution is -2.40. The Labute approximate surface area is 124 Å². The Balaban J connectivity index is 2.40. The number of benzene rings is 1. The molecule has 1 aliphatic rings. The van der Waals surface area contributed by atoms with Crippen molar-refractivity contribution < 1.29 is 17.2 Å². The summed E-state index contributed by atoms with van der Waals surface area (Å²) in [6.45, 7) is 2.29. The van der Waals surface area contributed by atoms with Crippen molar-refractivity contribution in [3.8, 4) is 0 Å². The van der Waals surface area contributed by atoms with E-state index in [2.05, 4.69) is 0 Å². The van der Waals surface area contributed by atoms with Crippen LogP contribution in [0.5, 0.6) is 0 Å². The van der Waals surface area contributed by atoms with E-state index in [0.29, 0.717) is 18.4 Å². The van der Waals surface area contributed by atoms with Crippen LogP contribution < -0.4 is 5.73 Å². The summed E-state index contributed by atoms with van der Waals surface area (Å²) < 4.78 is 52.3. The number of hydrogen-bond donors (Lipinski definition) is 1. The molecule has 0 radical (unpaired) electrons. The van der Waals surface area contributed by atoms with E-state index in [1.165, 1.54) is 0 Å². The second-order valence-electron chi connectivity index (χ2n) is 5.74. The Kier molecular flexibility index (Phi) is 4.99. The molecule has 1 aromatic carbocycles. The van der Waals surface area contributed by atoms with Crippen LogP contribution in [0.4, 0.5) is 8.78 Å². The van der Waals surface area contributed by atoms with Crippen LogP contribution in [0.25, 0.3) is 0 Å². The minimum Gasteiger partial charge on any atom is -0.330 e. The third-order valence-corrected chi connectivity index (χ3v) is 6.83. The summed E-state index contributed by atoms with van der Waals surface area (Å²) >= 11 is 0. The van der Waals surface area contributed by atoms with Gasteiger partial charge >= 0.3 is 0 Å². The number of hydrogen-bond acceptors (Lipinski definition) is 3. The van der Waals surface area contributed by atoms with Gasteiger partial charge in [-0.25, -0.2) is 17.2 Å². The Hall–Kier alpha value is -1.01. The Bertz CT molecular complexity index is 604. The second kappa shape index (κ2) is 6.40. The normalized spacial score (nSPS) is 26.8. The highest BCUT2D eigenvalue weighted by Crippen LogP contribution is 2.37. The fourth-order valence-electron chi connectivity index (χ4n) is 3.16. The van der Waals surface area contributed by atoms with Crippen LogP contribution in [0.2, 0.25) is 0 Å². The first-order chi connectivity index (χ1) is 9.90. The van der Waals surface area contributed by atoms with Gasteiger partial charge in [0.1, 0.15) is 16.5 Å². The summed E-state index contributed by atoms with van der Waals surface area (Å²) in [6.07, 6.45) is 3.09. The molecule has 0 heterocycles. The van der Waals surface area contributed by atoms with Gasteiger partial charge < -0.3 is 5.73 Å². The van der Waals surface area contributed by atoms with E-state index in [4.69, 9.17) is 5.73 Å². The molecule has 0 amide bonds. The summed E-state index contributed by atoms with van der Waals surface area (Å²) in [5.41, 5.74) is 5.70. The highest BCUT2D eigenvalue weighted by Gasteiger charge is 2.39. The average Bonchev–Trinajstić information content (AvgIpc) is 2.46. The van der Waals surface area contributed by atoms with Crippen LogP contribution in [0.1, 0.15) is 32.6 Å². The smallest absolute Gasteiger partial charge is 0.184 e. The molecule has 3 unspecified atom stereocenters. The highest BCUT2D eigenvalue weighted by atomic mass is 32.2. The van der Waals surface area contributed by atoms with Crippen LogP contribution in [-0.4, -0.2) is 20.2 Å². The molecule has 1 saturated carbocycles. The van der Waals surface area contributed by atoms with Gasteiger partial charge in [0.25, 0.3) is 0 Å². The van der Waals surface area contributed by atoms with Gasteiger partial charge in [-0.3, -0.25) is 0 Å². The van der Waals surface area contributed by atoms with Crippen molar-refractivity contribution in [3.05, 3.63) is 29.8 Å². The fourth-order valence-corrected chi connectivity index (χ4v) is 5.36. The minimum absolute atomic E-state index is 0.165. The maximum absolute atomic E-state index is 13.9. The first kappa shape index (κ1) is 16.4. The van der Waals surface area contributed by atoms with E-state index in [0.717, 1.165) is 31.4 Å². The summed E-state index contributed by atoms with van der Waals surface area (Å²) in [4.78, 5) is -0.413. The van der Waals surface area contributed by atoms with Gasteiger partial charge in [0.2, 0.25) is 0 Å². The second-order valence-corrected chi connectivity index (χ2v) is 7.88. The third-order valence-electron chi connectivity index (χ3n) is 4.52. The Morgan fingerprint density at radius 3 is 2.57 bits per heavy atom. The predicted molar refractivity (Wildman–Crippen MR) is 77.5 cm³/mol. The van der Waals surface area contributed by atoms with Crippen molar-refractivity contribution in [3.63, 3.8) is 0 Å². The zero-order valence-corrected chi connectivity index (χ0v) is 12.9. The molecule has 6 heteroatoms. The van der Waals surface area contributed by atoms with E-state index in [9.17, 15) is 17.2 Å². The van der Waals surface area contributed by atoms with Crippen LogP contribution in [0, 0.1) is 23.5 Å².